The van der Waals surface area contributed by atoms with Crippen LogP contribution in [0, 0.1) is 0 Å². The van der Waals surface area contributed by atoms with E-state index >= 15 is 0 Å². The van der Waals surface area contributed by atoms with E-state index in [4.69, 9.17) is 9.47 Å². The van der Waals surface area contributed by atoms with Crippen molar-refractivity contribution in [3.05, 3.63) is 70.9 Å². The minimum Gasteiger partial charge on any atom is -0.499 e. The monoisotopic (exact) mass is 302 g/mol. The first kappa shape index (κ1) is 15.3. The molecule has 1 aliphatic rings. The second kappa shape index (κ2) is 7.63. The summed E-state index contributed by atoms with van der Waals surface area (Å²) in [4.78, 5) is 27.6. The van der Waals surface area contributed by atoms with Gasteiger partial charge < -0.3 is 13.9 Å². The number of carbonyl (C=O) groups excluding carboxylic acids is 1. The fourth-order valence-electron chi connectivity index (χ4n) is 1.49. The van der Waals surface area contributed by atoms with Gasteiger partial charge in [0, 0.05) is 11.8 Å². The van der Waals surface area contributed by atoms with Gasteiger partial charge in [0.2, 0.25) is 5.90 Å². The summed E-state index contributed by atoms with van der Waals surface area (Å²) >= 11 is 0. The van der Waals surface area contributed by atoms with Gasteiger partial charge in [0.15, 0.2) is 5.70 Å². The predicted octanol–water partition coefficient (Wildman–Crippen LogP) is 1.84. The zero-order valence-electron chi connectivity index (χ0n) is 11.8. The fourth-order valence-corrected chi connectivity index (χ4v) is 1.49. The van der Waals surface area contributed by atoms with Crippen LogP contribution >= 0.6 is 0 Å². The molecule has 114 valence electrons. The van der Waals surface area contributed by atoms with Crippen LogP contribution < -0.4 is 5.76 Å². The van der Waals surface area contributed by atoms with Gasteiger partial charge in [0.05, 0.1) is 6.61 Å². The van der Waals surface area contributed by atoms with Crippen LogP contribution in [0.3, 0.4) is 0 Å². The summed E-state index contributed by atoms with van der Waals surface area (Å²) in [7, 11) is 0. The third-order valence-corrected chi connectivity index (χ3v) is 2.45. The number of hydrogen-bond donors (Lipinski definition) is 1. The summed E-state index contributed by atoms with van der Waals surface area (Å²) in [5, 5.41) is 0. The van der Waals surface area contributed by atoms with E-state index < -0.39 is 11.7 Å². The lowest BCUT2D eigenvalue weighted by atomic mass is 10.2. The van der Waals surface area contributed by atoms with Crippen molar-refractivity contribution in [3.8, 4) is 0 Å². The number of hydrogen-bond acceptors (Lipinski definition) is 6. The average molecular weight is 302 g/mol. The Morgan fingerprint density at radius 1 is 1.27 bits per heavy atom. The molecule has 0 fully saturated rings. The maximum absolute atomic E-state index is 11.4. The molecule has 0 saturated carbocycles. The highest BCUT2D eigenvalue weighted by atomic mass is 16.6. The molecule has 2 aromatic rings. The van der Waals surface area contributed by atoms with E-state index in [0.29, 0.717) is 12.5 Å². The molecule has 0 spiro atoms. The van der Waals surface area contributed by atoms with Crippen LogP contribution in [-0.2, 0) is 14.3 Å². The van der Waals surface area contributed by atoms with Gasteiger partial charge in [-0.15, -0.1) is 0 Å². The van der Waals surface area contributed by atoms with Gasteiger partial charge in [-0.05, 0) is 19.1 Å². The first-order chi connectivity index (χ1) is 10.7. The Labute approximate surface area is 125 Å². The zero-order valence-corrected chi connectivity index (χ0v) is 11.8. The minimum atomic E-state index is -0.479. The smallest absolute Gasteiger partial charge is 0.416 e. The molecule has 1 aromatic heterocycles. The van der Waals surface area contributed by atoms with Gasteiger partial charge in [-0.25, -0.2) is 14.6 Å². The molecular formula is C15H14N2O5. The number of rotatable bonds is 3. The van der Waals surface area contributed by atoms with Crippen LogP contribution in [0.2, 0.25) is 0 Å². The Bertz CT molecular complexity index is 711. The first-order valence-corrected chi connectivity index (χ1v) is 6.51. The largest absolute Gasteiger partial charge is 0.499 e. The molecule has 3 rings (SSSR count). The van der Waals surface area contributed by atoms with Crippen molar-refractivity contribution in [2.75, 3.05) is 6.61 Å². The average Bonchev–Trinajstić information content (AvgIpc) is 3.16. The standard InChI is InChI=1S/C12H11NO3.C3H3NO2/c1-2-15-8-10-12(14)16-11(13-10)9-6-4-3-5-7-9;5-3-4-1-2-6-3/h3-8H,2H2,1H3;1-2H,(H,4,5). The number of carbonyl (C=O) groups is 1. The number of benzene rings is 1. The van der Waals surface area contributed by atoms with Crippen molar-refractivity contribution in [1.29, 1.82) is 0 Å². The third kappa shape index (κ3) is 4.20. The molecule has 0 atom stereocenters. The second-order valence-electron chi connectivity index (χ2n) is 3.98. The van der Waals surface area contributed by atoms with E-state index in [1.807, 2.05) is 37.3 Å². The summed E-state index contributed by atoms with van der Waals surface area (Å²) in [5.41, 5.74) is 0.969. The van der Waals surface area contributed by atoms with Crippen LogP contribution in [0.15, 0.2) is 69.0 Å². The zero-order chi connectivity index (χ0) is 15.8. The maximum Gasteiger partial charge on any atom is 0.416 e. The number of ether oxygens (including phenoxy) is 2. The SMILES string of the molecule is CCOC=C1N=C(c2ccccc2)OC1=O.O=c1[nH]cco1. The van der Waals surface area contributed by atoms with Crippen LogP contribution in [0.4, 0.5) is 0 Å². The van der Waals surface area contributed by atoms with Crippen molar-refractivity contribution in [2.24, 2.45) is 4.99 Å². The van der Waals surface area contributed by atoms with E-state index in [-0.39, 0.29) is 5.70 Å². The number of aromatic nitrogens is 1. The molecule has 0 radical (unpaired) electrons. The first-order valence-electron chi connectivity index (χ1n) is 6.51. The number of cyclic esters (lactones) is 1. The van der Waals surface area contributed by atoms with Crippen molar-refractivity contribution in [1.82, 2.24) is 4.98 Å². The van der Waals surface area contributed by atoms with Gasteiger partial charge >= 0.3 is 11.7 Å². The lowest BCUT2D eigenvalue weighted by Crippen LogP contribution is -2.05. The summed E-state index contributed by atoms with van der Waals surface area (Å²) in [6.45, 7) is 2.33. The molecule has 22 heavy (non-hydrogen) atoms. The number of nitrogens with zero attached hydrogens (tertiary/aromatic N) is 1. The van der Waals surface area contributed by atoms with Gasteiger partial charge in [0.1, 0.15) is 12.5 Å². The molecule has 0 bridgehead atoms. The lowest BCUT2D eigenvalue weighted by molar-refractivity contribution is -0.130. The molecule has 0 saturated heterocycles. The second-order valence-corrected chi connectivity index (χ2v) is 3.98. The van der Waals surface area contributed by atoms with E-state index in [0.717, 1.165) is 5.56 Å². The highest BCUT2D eigenvalue weighted by Crippen LogP contribution is 2.15. The van der Waals surface area contributed by atoms with Gasteiger partial charge in [0.25, 0.3) is 0 Å². The highest BCUT2D eigenvalue weighted by molar-refractivity contribution is 6.10. The minimum absolute atomic E-state index is 0.195. The fraction of sp³-hybridized carbons (Fsp3) is 0.133. The molecule has 7 heteroatoms. The molecule has 1 aromatic carbocycles. The number of aromatic amines is 1. The summed E-state index contributed by atoms with van der Waals surface area (Å²) in [6, 6.07) is 9.26. The van der Waals surface area contributed by atoms with Crippen molar-refractivity contribution in [2.45, 2.75) is 6.92 Å². The quantitative estimate of drug-likeness (QED) is 0.530. The predicted molar refractivity (Wildman–Crippen MR) is 78.1 cm³/mol. The Kier molecular flexibility index (Phi) is 5.31. The Balaban J connectivity index is 0.000000246. The van der Waals surface area contributed by atoms with E-state index in [2.05, 4.69) is 14.4 Å². The summed E-state index contributed by atoms with van der Waals surface area (Å²) in [5.74, 6) is -0.571. The third-order valence-electron chi connectivity index (χ3n) is 2.45. The van der Waals surface area contributed by atoms with E-state index in [1.165, 1.54) is 18.7 Å². The molecular weight excluding hydrogens is 288 g/mol. The van der Waals surface area contributed by atoms with Crippen LogP contribution in [0.25, 0.3) is 0 Å². The Morgan fingerprint density at radius 3 is 2.59 bits per heavy atom. The molecule has 0 unspecified atom stereocenters. The molecule has 0 aliphatic carbocycles. The van der Waals surface area contributed by atoms with Crippen LogP contribution in [0.1, 0.15) is 12.5 Å². The molecule has 1 aliphatic heterocycles. The lowest BCUT2D eigenvalue weighted by Gasteiger charge is -1.97. The summed E-state index contributed by atoms with van der Waals surface area (Å²) < 4.78 is 14.2. The van der Waals surface area contributed by atoms with Crippen molar-refractivity contribution >= 4 is 11.9 Å². The Hall–Kier alpha value is -3.09. The number of H-pyrrole nitrogens is 1. The van der Waals surface area contributed by atoms with E-state index in [1.54, 1.807) is 0 Å². The topological polar surface area (TPSA) is 93.9 Å². The van der Waals surface area contributed by atoms with Crippen LogP contribution in [0.5, 0.6) is 0 Å². The van der Waals surface area contributed by atoms with Crippen LogP contribution in [-0.4, -0.2) is 23.5 Å². The van der Waals surface area contributed by atoms with Gasteiger partial charge in [-0.1, -0.05) is 18.2 Å². The number of aliphatic imine (C=N–C) groups is 1. The Morgan fingerprint density at radius 2 is 2.05 bits per heavy atom. The van der Waals surface area contributed by atoms with Gasteiger partial charge in [-0.3, -0.25) is 4.98 Å². The molecule has 2 heterocycles. The van der Waals surface area contributed by atoms with E-state index in [9.17, 15) is 9.59 Å². The maximum atomic E-state index is 11.4. The number of nitrogens with one attached hydrogen (secondary N) is 1. The molecule has 7 nitrogen and oxygen atoms in total. The molecule has 0 amide bonds. The normalized spacial score (nSPS) is 14.9. The highest BCUT2D eigenvalue weighted by Gasteiger charge is 2.24. The van der Waals surface area contributed by atoms with Crippen molar-refractivity contribution < 1.29 is 18.7 Å². The molecule has 1 N–H and O–H groups in total. The number of oxazole rings is 1. The number of esters is 1. The van der Waals surface area contributed by atoms with Gasteiger partial charge in [-0.2, -0.15) is 0 Å². The van der Waals surface area contributed by atoms with Crippen molar-refractivity contribution in [3.63, 3.8) is 0 Å². The summed E-state index contributed by atoms with van der Waals surface area (Å²) in [6.07, 6.45) is 4.04.